The van der Waals surface area contributed by atoms with Crippen molar-refractivity contribution < 1.29 is 4.79 Å². The van der Waals surface area contributed by atoms with E-state index >= 15 is 0 Å². The molecule has 1 aliphatic heterocycles. The molecule has 3 N–H and O–H groups in total. The largest absolute Gasteiger partial charge is 0.369 e. The Labute approximate surface area is 110 Å². The van der Waals surface area contributed by atoms with Gasteiger partial charge in [-0.3, -0.25) is 9.69 Å². The van der Waals surface area contributed by atoms with E-state index < -0.39 is 0 Å². The van der Waals surface area contributed by atoms with Crippen LogP contribution in [-0.2, 0) is 4.79 Å². The minimum atomic E-state index is -0.210. The maximum atomic E-state index is 11.0. The molecular weight excluding hydrogens is 226 g/mol. The topological polar surface area (TPSA) is 58.4 Å². The van der Waals surface area contributed by atoms with Gasteiger partial charge in [0, 0.05) is 19.1 Å². The number of nitrogens with one attached hydrogen (secondary N) is 1. The molecule has 1 saturated heterocycles. The maximum absolute atomic E-state index is 11.0. The molecule has 2 rings (SSSR count). The van der Waals surface area contributed by atoms with E-state index in [1.165, 1.54) is 32.1 Å². The first-order valence-corrected chi connectivity index (χ1v) is 7.37. The molecule has 4 heteroatoms. The highest BCUT2D eigenvalue weighted by atomic mass is 16.1. The van der Waals surface area contributed by atoms with Crippen LogP contribution in [0.1, 0.15) is 39.0 Å². The Morgan fingerprint density at radius 2 is 2.06 bits per heavy atom. The summed E-state index contributed by atoms with van der Waals surface area (Å²) in [5, 5.41) is 3.70. The van der Waals surface area contributed by atoms with Crippen molar-refractivity contribution in [3.8, 4) is 0 Å². The van der Waals surface area contributed by atoms with Gasteiger partial charge in [0.05, 0.1) is 6.54 Å². The van der Waals surface area contributed by atoms with E-state index in [0.717, 1.165) is 25.6 Å². The number of nitrogens with two attached hydrogens (primary N) is 1. The maximum Gasteiger partial charge on any atom is 0.231 e. The molecule has 0 spiro atoms. The Balaban J connectivity index is 1.74. The molecule has 2 atom stereocenters. The minimum Gasteiger partial charge on any atom is -0.369 e. The molecule has 18 heavy (non-hydrogen) atoms. The van der Waals surface area contributed by atoms with Crippen molar-refractivity contribution in [2.45, 2.75) is 45.1 Å². The normalized spacial score (nSPS) is 30.7. The van der Waals surface area contributed by atoms with Crippen molar-refractivity contribution in [3.63, 3.8) is 0 Å². The quantitative estimate of drug-likeness (QED) is 0.767. The third-order valence-corrected chi connectivity index (χ3v) is 4.28. The number of carbonyl (C=O) groups is 1. The molecule has 0 radical (unpaired) electrons. The molecule has 1 amide bonds. The summed E-state index contributed by atoms with van der Waals surface area (Å²) in [5.74, 6) is 1.32. The number of hydrogen-bond acceptors (Lipinski definition) is 3. The highest BCUT2D eigenvalue weighted by molar-refractivity contribution is 5.75. The lowest BCUT2D eigenvalue weighted by molar-refractivity contribution is -0.119. The van der Waals surface area contributed by atoms with Gasteiger partial charge < -0.3 is 11.1 Å². The summed E-state index contributed by atoms with van der Waals surface area (Å²) in [6, 6.07) is 0.536. The van der Waals surface area contributed by atoms with Crippen LogP contribution in [0, 0.1) is 11.8 Å². The van der Waals surface area contributed by atoms with Gasteiger partial charge in [0.1, 0.15) is 0 Å². The SMILES string of the molecule is CC1CC(NCC2CCCC2)CN(CC(N)=O)C1. The molecule has 0 aromatic rings. The van der Waals surface area contributed by atoms with Crippen molar-refractivity contribution in [2.24, 2.45) is 17.6 Å². The second-order valence-corrected chi connectivity index (χ2v) is 6.26. The van der Waals surface area contributed by atoms with Gasteiger partial charge in [0.2, 0.25) is 5.91 Å². The zero-order valence-electron chi connectivity index (χ0n) is 11.5. The number of amides is 1. The van der Waals surface area contributed by atoms with Crippen molar-refractivity contribution in [2.75, 3.05) is 26.2 Å². The molecule has 1 saturated carbocycles. The van der Waals surface area contributed by atoms with E-state index in [2.05, 4.69) is 17.1 Å². The fourth-order valence-electron chi connectivity index (χ4n) is 3.51. The van der Waals surface area contributed by atoms with Crippen LogP contribution in [0.5, 0.6) is 0 Å². The molecule has 0 bridgehead atoms. The number of likely N-dealkylation sites (tertiary alicyclic amines) is 1. The molecule has 2 unspecified atom stereocenters. The number of carbonyl (C=O) groups excluding carboxylic acids is 1. The first-order chi connectivity index (χ1) is 8.63. The van der Waals surface area contributed by atoms with E-state index in [1.54, 1.807) is 0 Å². The molecule has 104 valence electrons. The molecule has 0 aromatic heterocycles. The highest BCUT2D eigenvalue weighted by Crippen LogP contribution is 2.24. The number of nitrogens with zero attached hydrogens (tertiary/aromatic N) is 1. The van der Waals surface area contributed by atoms with Crippen molar-refractivity contribution >= 4 is 5.91 Å². The van der Waals surface area contributed by atoms with Crippen molar-refractivity contribution in [1.82, 2.24) is 10.2 Å². The van der Waals surface area contributed by atoms with Crippen LogP contribution >= 0.6 is 0 Å². The van der Waals surface area contributed by atoms with Gasteiger partial charge in [0.15, 0.2) is 0 Å². The van der Waals surface area contributed by atoms with E-state index in [0.29, 0.717) is 18.5 Å². The fraction of sp³-hybridized carbons (Fsp3) is 0.929. The van der Waals surface area contributed by atoms with Crippen LogP contribution in [-0.4, -0.2) is 43.0 Å². The van der Waals surface area contributed by atoms with Gasteiger partial charge in [-0.15, -0.1) is 0 Å². The van der Waals surface area contributed by atoms with Crippen LogP contribution in [0.3, 0.4) is 0 Å². The van der Waals surface area contributed by atoms with E-state index in [1.807, 2.05) is 0 Å². The zero-order chi connectivity index (χ0) is 13.0. The number of rotatable bonds is 5. The lowest BCUT2D eigenvalue weighted by atomic mass is 9.95. The van der Waals surface area contributed by atoms with E-state index in [4.69, 9.17) is 5.73 Å². The average Bonchev–Trinajstić information content (AvgIpc) is 2.77. The summed E-state index contributed by atoms with van der Waals surface area (Å²) in [6.07, 6.45) is 6.81. The van der Waals surface area contributed by atoms with Gasteiger partial charge in [-0.25, -0.2) is 0 Å². The predicted molar refractivity (Wildman–Crippen MR) is 73.2 cm³/mol. The van der Waals surface area contributed by atoms with Crippen molar-refractivity contribution in [3.05, 3.63) is 0 Å². The summed E-state index contributed by atoms with van der Waals surface area (Å²) in [7, 11) is 0. The summed E-state index contributed by atoms with van der Waals surface area (Å²) in [6.45, 7) is 5.80. The third kappa shape index (κ3) is 4.25. The smallest absolute Gasteiger partial charge is 0.231 e. The van der Waals surface area contributed by atoms with Crippen LogP contribution < -0.4 is 11.1 Å². The minimum absolute atomic E-state index is 0.210. The summed E-state index contributed by atoms with van der Waals surface area (Å²) in [5.41, 5.74) is 5.29. The Kier molecular flexibility index (Phi) is 5.01. The van der Waals surface area contributed by atoms with Gasteiger partial charge in [-0.05, 0) is 37.6 Å². The molecule has 0 aromatic carbocycles. The Morgan fingerprint density at radius 1 is 1.33 bits per heavy atom. The molecule has 1 heterocycles. The van der Waals surface area contributed by atoms with E-state index in [-0.39, 0.29) is 5.91 Å². The monoisotopic (exact) mass is 253 g/mol. The standard InChI is InChI=1S/C14H27N3O/c1-11-6-13(9-17(8-11)10-14(15)18)16-7-12-4-2-3-5-12/h11-13,16H,2-10H2,1H3,(H2,15,18). The summed E-state index contributed by atoms with van der Waals surface area (Å²) in [4.78, 5) is 13.2. The van der Waals surface area contributed by atoms with Gasteiger partial charge in [0.25, 0.3) is 0 Å². The zero-order valence-corrected chi connectivity index (χ0v) is 11.5. The summed E-state index contributed by atoms with van der Waals surface area (Å²) >= 11 is 0. The lowest BCUT2D eigenvalue weighted by Crippen LogP contribution is -2.51. The van der Waals surface area contributed by atoms with Crippen LogP contribution in [0.25, 0.3) is 0 Å². The average molecular weight is 253 g/mol. The summed E-state index contributed by atoms with van der Waals surface area (Å²) < 4.78 is 0. The van der Waals surface area contributed by atoms with Crippen molar-refractivity contribution in [1.29, 1.82) is 0 Å². The van der Waals surface area contributed by atoms with Crippen LogP contribution in [0.15, 0.2) is 0 Å². The Bertz CT molecular complexity index is 276. The molecule has 2 fully saturated rings. The van der Waals surface area contributed by atoms with Gasteiger partial charge in [-0.1, -0.05) is 19.8 Å². The van der Waals surface area contributed by atoms with Crippen LogP contribution in [0.2, 0.25) is 0 Å². The Hall–Kier alpha value is -0.610. The van der Waals surface area contributed by atoms with Gasteiger partial charge in [-0.2, -0.15) is 0 Å². The lowest BCUT2D eigenvalue weighted by Gasteiger charge is -2.36. The molecule has 4 nitrogen and oxygen atoms in total. The van der Waals surface area contributed by atoms with E-state index in [9.17, 15) is 4.79 Å². The van der Waals surface area contributed by atoms with Crippen LogP contribution in [0.4, 0.5) is 0 Å². The van der Waals surface area contributed by atoms with Gasteiger partial charge >= 0.3 is 0 Å². The Morgan fingerprint density at radius 3 is 2.72 bits per heavy atom. The molecule has 2 aliphatic rings. The third-order valence-electron chi connectivity index (χ3n) is 4.28. The molecule has 1 aliphatic carbocycles. The number of primary amides is 1. The highest BCUT2D eigenvalue weighted by Gasteiger charge is 2.26. The number of hydrogen-bond donors (Lipinski definition) is 2. The fourth-order valence-corrected chi connectivity index (χ4v) is 3.51. The first kappa shape index (κ1) is 13.8. The second kappa shape index (κ2) is 6.53. The predicted octanol–water partition coefficient (Wildman–Crippen LogP) is 0.962. The first-order valence-electron chi connectivity index (χ1n) is 7.37. The molecular formula is C14H27N3O. The second-order valence-electron chi connectivity index (χ2n) is 6.26. The number of piperidine rings is 1.